The zero-order chi connectivity index (χ0) is 8.41. The zero-order valence-corrected chi connectivity index (χ0v) is 7.86. The largest absolute Gasteiger partial charge is 0.305 e. The summed E-state index contributed by atoms with van der Waals surface area (Å²) in [6, 6.07) is 0. The van der Waals surface area contributed by atoms with Crippen LogP contribution < -0.4 is 0 Å². The highest BCUT2D eigenvalue weighted by atomic mass is 35.5. The average molecular weight is 205 g/mol. The molecular weight excluding hydrogens is 198 g/mol. The van der Waals surface area contributed by atoms with Gasteiger partial charge in [-0.1, -0.05) is 35.0 Å². The summed E-state index contributed by atoms with van der Waals surface area (Å²) < 4.78 is 9.15. The molecule has 0 aliphatic carbocycles. The van der Waals surface area contributed by atoms with E-state index in [0.29, 0.717) is 18.0 Å². The second kappa shape index (κ2) is 3.28. The Labute approximate surface area is 73.3 Å². The minimum absolute atomic E-state index is 0.555. The monoisotopic (exact) mass is 204 g/mol. The molecule has 0 aliphatic rings. The zero-order valence-electron chi connectivity index (χ0n) is 5.53. The molecule has 0 unspecified atom stereocenters. The summed E-state index contributed by atoms with van der Waals surface area (Å²) in [7, 11) is 0. The van der Waals surface area contributed by atoms with Crippen molar-refractivity contribution in [3.63, 3.8) is 0 Å². The molecule has 0 heterocycles. The Morgan fingerprint density at radius 2 is 1.90 bits per heavy atom. The molecule has 0 rings (SSSR count). The number of rotatable bonds is 3. The van der Waals surface area contributed by atoms with Crippen LogP contribution in [0.2, 0.25) is 0 Å². The van der Waals surface area contributed by atoms with Crippen molar-refractivity contribution in [2.75, 3.05) is 0 Å². The first-order valence-electron chi connectivity index (χ1n) is 2.50. The van der Waals surface area contributed by atoms with Gasteiger partial charge in [0.05, 0.1) is 4.75 Å². The lowest BCUT2D eigenvalue weighted by atomic mass is 10.2. The van der Waals surface area contributed by atoms with Crippen LogP contribution in [0.4, 0.5) is 4.39 Å². The number of alkyl halides is 3. The first kappa shape index (κ1) is 10.5. The van der Waals surface area contributed by atoms with E-state index in [0.717, 1.165) is 0 Å². The molecule has 0 aromatic rings. The number of aldehydes is 1. The van der Waals surface area contributed by atoms with Gasteiger partial charge in [-0.2, -0.15) is 4.39 Å². The van der Waals surface area contributed by atoms with E-state index in [1.807, 2.05) is 0 Å². The van der Waals surface area contributed by atoms with E-state index < -0.39 is 8.67 Å². The molecule has 0 saturated heterocycles. The first-order chi connectivity index (χ1) is 4.27. The van der Waals surface area contributed by atoms with Gasteiger partial charge in [0.15, 0.2) is 0 Å². The quantitative estimate of drug-likeness (QED) is 0.520. The molecule has 0 fully saturated rings. The molecule has 0 saturated carbocycles. The highest BCUT2D eigenvalue weighted by Crippen LogP contribution is 2.43. The van der Waals surface area contributed by atoms with Gasteiger partial charge in [0.25, 0.3) is 0 Å². The van der Waals surface area contributed by atoms with Gasteiger partial charge in [0, 0.05) is 0 Å². The maximum Gasteiger partial charge on any atom is 0.305 e. The number of halogens is 3. The number of hydrogen-bond acceptors (Lipinski definition) is 2. The van der Waals surface area contributed by atoms with Crippen molar-refractivity contribution in [3.8, 4) is 0 Å². The van der Waals surface area contributed by atoms with Gasteiger partial charge in [0.1, 0.15) is 6.29 Å². The molecule has 0 amide bonds. The van der Waals surface area contributed by atoms with Gasteiger partial charge >= 0.3 is 3.92 Å². The molecule has 0 aromatic carbocycles. The third-order valence-electron chi connectivity index (χ3n) is 0.663. The fourth-order valence-electron chi connectivity index (χ4n) is 0.322. The van der Waals surface area contributed by atoms with E-state index in [1.165, 1.54) is 13.8 Å². The van der Waals surface area contributed by atoms with Crippen molar-refractivity contribution in [2.24, 2.45) is 0 Å². The van der Waals surface area contributed by atoms with Crippen molar-refractivity contribution in [2.45, 2.75) is 22.5 Å². The molecule has 0 atom stereocenters. The van der Waals surface area contributed by atoms with Gasteiger partial charge in [-0.05, 0) is 13.8 Å². The maximum atomic E-state index is 12.4. The molecule has 0 spiro atoms. The van der Waals surface area contributed by atoms with Crippen LogP contribution in [0, 0.1) is 0 Å². The molecule has 5 heteroatoms. The molecule has 0 aliphatic heterocycles. The number of carbonyl (C=O) groups excluding carboxylic acids is 1. The van der Waals surface area contributed by atoms with Crippen LogP contribution in [0.15, 0.2) is 0 Å². The Hall–Kier alpha value is 0.530. The van der Waals surface area contributed by atoms with Crippen molar-refractivity contribution in [1.82, 2.24) is 0 Å². The second-order valence-electron chi connectivity index (χ2n) is 2.27. The van der Waals surface area contributed by atoms with E-state index in [2.05, 4.69) is 0 Å². The van der Waals surface area contributed by atoms with Crippen LogP contribution in [0.25, 0.3) is 0 Å². The highest BCUT2D eigenvalue weighted by Gasteiger charge is 2.33. The number of hydrogen-bond donors (Lipinski definition) is 0. The van der Waals surface area contributed by atoms with Crippen LogP contribution in [0.3, 0.4) is 0 Å². The van der Waals surface area contributed by atoms with Crippen molar-refractivity contribution < 1.29 is 9.18 Å². The minimum Gasteiger partial charge on any atom is -0.302 e. The lowest BCUT2D eigenvalue weighted by Crippen LogP contribution is -2.21. The third kappa shape index (κ3) is 5.33. The van der Waals surface area contributed by atoms with E-state index >= 15 is 0 Å². The molecule has 0 bridgehead atoms. The van der Waals surface area contributed by atoms with E-state index in [-0.39, 0.29) is 0 Å². The summed E-state index contributed by atoms with van der Waals surface area (Å²) in [5.41, 5.74) is 0. The number of carbonyl (C=O) groups is 1. The fraction of sp³-hybridized carbons (Fsp3) is 0.800. The smallest absolute Gasteiger partial charge is 0.302 e. The Morgan fingerprint density at radius 3 is 2.00 bits per heavy atom. The van der Waals surface area contributed by atoms with Crippen molar-refractivity contribution in [1.29, 1.82) is 0 Å². The normalized spacial score (nSPS) is 13.3. The molecule has 10 heavy (non-hydrogen) atoms. The van der Waals surface area contributed by atoms with Gasteiger partial charge in [0.2, 0.25) is 0 Å². The highest BCUT2D eigenvalue weighted by molar-refractivity contribution is 8.04. The van der Waals surface area contributed by atoms with Gasteiger partial charge in [-0.15, -0.1) is 0 Å². The number of thioether (sulfide) groups is 1. The summed E-state index contributed by atoms with van der Waals surface area (Å²) in [5.74, 6) is 0. The van der Waals surface area contributed by atoms with Crippen molar-refractivity contribution in [3.05, 3.63) is 0 Å². The molecule has 1 nitrogen and oxygen atoms in total. The van der Waals surface area contributed by atoms with Crippen LogP contribution in [-0.2, 0) is 4.79 Å². The Morgan fingerprint density at radius 1 is 1.50 bits per heavy atom. The van der Waals surface area contributed by atoms with Crippen LogP contribution in [-0.4, -0.2) is 15.0 Å². The lowest BCUT2D eigenvalue weighted by molar-refractivity contribution is -0.109. The Bertz CT molecular complexity index is 132. The molecule has 0 N–H and O–H groups in total. The molecular formula is C5H7Cl2FOS. The predicted octanol–water partition coefficient (Wildman–Crippen LogP) is 2.76. The predicted molar refractivity (Wildman–Crippen MR) is 43.3 cm³/mol. The third-order valence-corrected chi connectivity index (χ3v) is 1.98. The Kier molecular flexibility index (Phi) is 3.46. The topological polar surface area (TPSA) is 17.1 Å². The summed E-state index contributed by atoms with van der Waals surface area (Å²) >= 11 is 10.6. The lowest BCUT2D eigenvalue weighted by Gasteiger charge is -2.19. The van der Waals surface area contributed by atoms with Gasteiger partial charge < -0.3 is 4.79 Å². The van der Waals surface area contributed by atoms with Crippen LogP contribution in [0.1, 0.15) is 13.8 Å². The average Bonchev–Trinajstić information content (AvgIpc) is 1.60. The van der Waals surface area contributed by atoms with Crippen molar-refractivity contribution >= 4 is 41.2 Å². The fourth-order valence-corrected chi connectivity index (χ4v) is 2.16. The molecule has 0 aromatic heterocycles. The molecule has 60 valence electrons. The van der Waals surface area contributed by atoms with Gasteiger partial charge in [-0.3, -0.25) is 0 Å². The van der Waals surface area contributed by atoms with Gasteiger partial charge in [-0.25, -0.2) is 0 Å². The van der Waals surface area contributed by atoms with E-state index in [4.69, 9.17) is 23.2 Å². The summed E-state index contributed by atoms with van der Waals surface area (Å²) in [4.78, 5) is 10.2. The van der Waals surface area contributed by atoms with E-state index in [1.54, 1.807) is 0 Å². The van der Waals surface area contributed by atoms with E-state index in [9.17, 15) is 9.18 Å². The maximum absolute atomic E-state index is 12.4. The minimum atomic E-state index is -2.38. The summed E-state index contributed by atoms with van der Waals surface area (Å²) in [6.07, 6.45) is 0.594. The first-order valence-corrected chi connectivity index (χ1v) is 4.07. The second-order valence-corrected chi connectivity index (χ2v) is 5.77. The Balaban J connectivity index is 4.01. The SMILES string of the molecule is CC(C)(C=O)SC(F)(Cl)Cl. The standard InChI is InChI=1S/C5H7Cl2FOS/c1-4(2,3-9)10-5(6,7)8/h3H,1-2H3. The van der Waals surface area contributed by atoms with Crippen LogP contribution >= 0.6 is 35.0 Å². The van der Waals surface area contributed by atoms with Crippen LogP contribution in [0.5, 0.6) is 0 Å². The molecule has 0 radical (unpaired) electrons. The summed E-state index contributed by atoms with van der Waals surface area (Å²) in [5, 5.41) is 0. The summed E-state index contributed by atoms with van der Waals surface area (Å²) in [6.45, 7) is 3.06.